The molecule has 0 radical (unpaired) electrons. The maximum Gasteiger partial charge on any atom is 0.311 e. The number of hydrogen-bond donors (Lipinski definition) is 0. The summed E-state index contributed by atoms with van der Waals surface area (Å²) in [5.41, 5.74) is 1.07. The zero-order valence-electron chi connectivity index (χ0n) is 12.8. The highest BCUT2D eigenvalue weighted by Crippen LogP contribution is 2.35. The molecule has 0 unspecified atom stereocenters. The monoisotopic (exact) mass is 378 g/mol. The van der Waals surface area contributed by atoms with Gasteiger partial charge in [-0.25, -0.2) is 0 Å². The van der Waals surface area contributed by atoms with Gasteiger partial charge in [0.15, 0.2) is 5.75 Å². The van der Waals surface area contributed by atoms with Crippen LogP contribution in [0.3, 0.4) is 0 Å². The molecule has 0 heterocycles. The summed E-state index contributed by atoms with van der Waals surface area (Å²) in [6.07, 6.45) is 2.31. The Kier molecular flexibility index (Phi) is 8.45. The van der Waals surface area contributed by atoms with E-state index in [-0.39, 0.29) is 41.2 Å². The van der Waals surface area contributed by atoms with E-state index in [1.54, 1.807) is 6.08 Å². The minimum Gasteiger partial charge on any atom is -0.461 e. The lowest BCUT2D eigenvalue weighted by Crippen LogP contribution is -2.10. The highest BCUT2D eigenvalue weighted by atomic mass is 35.5. The van der Waals surface area contributed by atoms with Crippen molar-refractivity contribution in [1.29, 1.82) is 0 Å². The average Bonchev–Trinajstić information content (AvgIpc) is 2.43. The summed E-state index contributed by atoms with van der Waals surface area (Å²) in [4.78, 5) is 23.2. The molecule has 0 spiro atoms. The van der Waals surface area contributed by atoms with Gasteiger partial charge in [0, 0.05) is 23.9 Å². The fraction of sp³-hybridized carbons (Fsp3) is 0.375. The molecule has 0 fully saturated rings. The van der Waals surface area contributed by atoms with Crippen molar-refractivity contribution >= 4 is 46.7 Å². The van der Waals surface area contributed by atoms with E-state index in [4.69, 9.17) is 44.3 Å². The van der Waals surface area contributed by atoms with Crippen molar-refractivity contribution in [3.8, 4) is 5.75 Å². The van der Waals surface area contributed by atoms with E-state index < -0.39 is 5.97 Å². The summed E-state index contributed by atoms with van der Waals surface area (Å²) in [6.45, 7) is 4.07. The molecule has 0 aliphatic heterocycles. The molecule has 0 saturated carbocycles. The Morgan fingerprint density at radius 3 is 2.39 bits per heavy atom. The molecule has 4 nitrogen and oxygen atoms in total. The summed E-state index contributed by atoms with van der Waals surface area (Å²) in [5.74, 6) is -0.790. The molecule has 0 aliphatic carbocycles. The van der Waals surface area contributed by atoms with Crippen molar-refractivity contribution in [1.82, 2.24) is 0 Å². The first-order chi connectivity index (χ1) is 10.8. The molecule has 7 heteroatoms. The highest BCUT2D eigenvalue weighted by Gasteiger charge is 2.13. The lowest BCUT2D eigenvalue weighted by atomic mass is 10.2. The zero-order valence-corrected chi connectivity index (χ0v) is 15.1. The van der Waals surface area contributed by atoms with E-state index in [1.165, 1.54) is 12.1 Å². The Morgan fingerprint density at radius 2 is 1.74 bits per heavy atom. The van der Waals surface area contributed by atoms with Gasteiger partial charge in [-0.15, -0.1) is 0 Å². The van der Waals surface area contributed by atoms with E-state index in [1.807, 2.05) is 13.8 Å². The van der Waals surface area contributed by atoms with Gasteiger partial charge in [0.2, 0.25) is 0 Å². The number of carbonyl (C=O) groups excluding carboxylic acids is 2. The van der Waals surface area contributed by atoms with Crippen LogP contribution in [0.5, 0.6) is 5.75 Å². The number of carbonyl (C=O) groups is 2. The van der Waals surface area contributed by atoms with Gasteiger partial charge in [0.05, 0.1) is 5.02 Å². The molecule has 0 saturated heterocycles. The van der Waals surface area contributed by atoms with Crippen LogP contribution in [0.4, 0.5) is 0 Å². The molecule has 0 aromatic heterocycles. The third-order valence-electron chi connectivity index (χ3n) is 2.68. The number of allylic oxidation sites excluding steroid dienone is 1. The van der Waals surface area contributed by atoms with Crippen molar-refractivity contribution in [3.63, 3.8) is 0 Å². The normalized spacial score (nSPS) is 10.1. The summed E-state index contributed by atoms with van der Waals surface area (Å²) in [6, 6.07) is 2.85. The zero-order chi connectivity index (χ0) is 17.4. The van der Waals surface area contributed by atoms with Crippen LogP contribution in [-0.4, -0.2) is 18.5 Å². The molecule has 23 heavy (non-hydrogen) atoms. The van der Waals surface area contributed by atoms with Crippen LogP contribution in [0.1, 0.15) is 33.1 Å². The van der Waals surface area contributed by atoms with Crippen LogP contribution in [0.2, 0.25) is 15.1 Å². The van der Waals surface area contributed by atoms with Crippen LogP contribution in [0.15, 0.2) is 23.8 Å². The Morgan fingerprint density at radius 1 is 1.09 bits per heavy atom. The maximum absolute atomic E-state index is 11.7. The van der Waals surface area contributed by atoms with E-state index in [0.717, 1.165) is 5.57 Å². The lowest BCUT2D eigenvalue weighted by molar-refractivity contribution is -0.142. The second-order valence-electron chi connectivity index (χ2n) is 4.99. The third-order valence-corrected chi connectivity index (χ3v) is 3.68. The molecule has 0 bridgehead atoms. The molecule has 126 valence electrons. The molecule has 0 N–H and O–H groups in total. The molecular weight excluding hydrogens is 363 g/mol. The highest BCUT2D eigenvalue weighted by molar-refractivity contribution is 6.44. The average molecular weight is 380 g/mol. The Balaban J connectivity index is 2.38. The molecule has 0 aliphatic rings. The first-order valence-corrected chi connectivity index (χ1v) is 8.07. The van der Waals surface area contributed by atoms with Crippen molar-refractivity contribution in [3.05, 3.63) is 38.8 Å². The number of benzene rings is 1. The number of ether oxygens (including phenoxy) is 2. The lowest BCUT2D eigenvalue weighted by Gasteiger charge is -2.08. The quantitative estimate of drug-likeness (QED) is 0.282. The molecular formula is C16H17Cl3O4. The van der Waals surface area contributed by atoms with E-state index in [0.29, 0.717) is 11.4 Å². The first-order valence-electron chi connectivity index (χ1n) is 6.93. The Labute approximate surface area is 150 Å². The number of esters is 2. The standard InChI is InChI=1S/C16H17Cl3O4/c1-10(2)6-7-22-14(20)4-3-5-15(21)23-13-9-11(17)8-12(18)16(13)19/h6,8-9H,3-5,7H2,1-2H3. The number of halogens is 3. The van der Waals surface area contributed by atoms with Crippen LogP contribution in [0.25, 0.3) is 0 Å². The maximum atomic E-state index is 11.7. The van der Waals surface area contributed by atoms with E-state index in [2.05, 4.69) is 0 Å². The smallest absolute Gasteiger partial charge is 0.311 e. The van der Waals surface area contributed by atoms with Gasteiger partial charge < -0.3 is 9.47 Å². The van der Waals surface area contributed by atoms with E-state index in [9.17, 15) is 9.59 Å². The number of rotatable bonds is 7. The topological polar surface area (TPSA) is 52.6 Å². The van der Waals surface area contributed by atoms with Gasteiger partial charge in [-0.05, 0) is 32.4 Å². The molecule has 1 aromatic rings. The fourth-order valence-electron chi connectivity index (χ4n) is 1.53. The fourth-order valence-corrected chi connectivity index (χ4v) is 2.15. The summed E-state index contributed by atoms with van der Waals surface area (Å²) in [5, 5.41) is 0.625. The van der Waals surface area contributed by atoms with Crippen LogP contribution in [-0.2, 0) is 14.3 Å². The second-order valence-corrected chi connectivity index (χ2v) is 6.21. The van der Waals surface area contributed by atoms with Gasteiger partial charge >= 0.3 is 11.9 Å². The van der Waals surface area contributed by atoms with Crippen molar-refractivity contribution < 1.29 is 19.1 Å². The molecule has 1 aromatic carbocycles. The largest absolute Gasteiger partial charge is 0.461 e. The van der Waals surface area contributed by atoms with Crippen LogP contribution in [0, 0.1) is 0 Å². The van der Waals surface area contributed by atoms with E-state index >= 15 is 0 Å². The Hall–Kier alpha value is -1.23. The van der Waals surface area contributed by atoms with Crippen molar-refractivity contribution in [2.24, 2.45) is 0 Å². The molecule has 0 atom stereocenters. The first kappa shape index (κ1) is 19.8. The third kappa shape index (κ3) is 7.73. The number of hydrogen-bond acceptors (Lipinski definition) is 4. The van der Waals surface area contributed by atoms with Gasteiger partial charge in [-0.3, -0.25) is 9.59 Å². The van der Waals surface area contributed by atoms with Gasteiger partial charge in [0.25, 0.3) is 0 Å². The molecule has 1 rings (SSSR count). The van der Waals surface area contributed by atoms with Crippen molar-refractivity contribution in [2.45, 2.75) is 33.1 Å². The van der Waals surface area contributed by atoms with Crippen molar-refractivity contribution in [2.75, 3.05) is 6.61 Å². The predicted octanol–water partition coefficient (Wildman–Crippen LogP) is 5.23. The minimum absolute atomic E-state index is 0.0538. The van der Waals surface area contributed by atoms with Crippen LogP contribution < -0.4 is 4.74 Å². The SMILES string of the molecule is CC(C)=CCOC(=O)CCCC(=O)Oc1cc(Cl)cc(Cl)c1Cl. The van der Waals surface area contributed by atoms with Crippen LogP contribution >= 0.6 is 34.8 Å². The Bertz CT molecular complexity index is 608. The van der Waals surface area contributed by atoms with Gasteiger partial charge in [0.1, 0.15) is 11.6 Å². The summed E-state index contributed by atoms with van der Waals surface area (Å²) in [7, 11) is 0. The second kappa shape index (κ2) is 9.81. The van der Waals surface area contributed by atoms with Gasteiger partial charge in [-0.1, -0.05) is 40.4 Å². The summed E-state index contributed by atoms with van der Waals surface area (Å²) >= 11 is 17.6. The summed E-state index contributed by atoms with van der Waals surface area (Å²) < 4.78 is 10.1. The predicted molar refractivity (Wildman–Crippen MR) is 91.3 cm³/mol. The molecule has 0 amide bonds. The minimum atomic E-state index is -0.526. The van der Waals surface area contributed by atoms with Gasteiger partial charge in [-0.2, -0.15) is 0 Å².